The molecule has 0 bridgehead atoms. The summed E-state index contributed by atoms with van der Waals surface area (Å²) in [4.78, 5) is 4.52. The molecule has 0 atom stereocenters. The van der Waals surface area contributed by atoms with Gasteiger partial charge in [-0.05, 0) is 18.6 Å². The lowest BCUT2D eigenvalue weighted by Gasteiger charge is -2.16. The SMILES string of the molecule is COc1cc(-c2nccn2-c2cc(OC)c(OC)c(OC)c2)ccc1C. The van der Waals surface area contributed by atoms with Gasteiger partial charge in [-0.1, -0.05) is 12.1 Å². The maximum atomic E-state index is 5.46. The summed E-state index contributed by atoms with van der Waals surface area (Å²) in [6.07, 6.45) is 3.65. The molecule has 1 heterocycles. The van der Waals surface area contributed by atoms with Crippen LogP contribution in [0, 0.1) is 6.92 Å². The van der Waals surface area contributed by atoms with Crippen LogP contribution in [0.2, 0.25) is 0 Å². The summed E-state index contributed by atoms with van der Waals surface area (Å²) in [6.45, 7) is 2.01. The predicted molar refractivity (Wildman–Crippen MR) is 99.9 cm³/mol. The number of imidazole rings is 1. The lowest BCUT2D eigenvalue weighted by atomic mass is 10.1. The molecule has 0 aliphatic rings. The fourth-order valence-electron chi connectivity index (χ4n) is 2.89. The zero-order chi connectivity index (χ0) is 18.7. The van der Waals surface area contributed by atoms with E-state index in [9.17, 15) is 0 Å². The van der Waals surface area contributed by atoms with E-state index in [0.29, 0.717) is 17.2 Å². The average Bonchev–Trinajstić information content (AvgIpc) is 3.16. The summed E-state index contributed by atoms with van der Waals surface area (Å²) in [6, 6.07) is 9.79. The van der Waals surface area contributed by atoms with E-state index < -0.39 is 0 Å². The summed E-state index contributed by atoms with van der Waals surface area (Å²) in [5.74, 6) is 3.34. The van der Waals surface area contributed by atoms with Gasteiger partial charge in [0.25, 0.3) is 0 Å². The Hall–Kier alpha value is -3.15. The molecular formula is C20H22N2O4. The Morgan fingerprint density at radius 2 is 1.46 bits per heavy atom. The van der Waals surface area contributed by atoms with Gasteiger partial charge in [-0.2, -0.15) is 0 Å². The topological polar surface area (TPSA) is 54.7 Å². The fraction of sp³-hybridized carbons (Fsp3) is 0.250. The molecule has 0 fully saturated rings. The van der Waals surface area contributed by atoms with Gasteiger partial charge in [-0.3, -0.25) is 4.57 Å². The van der Waals surface area contributed by atoms with Gasteiger partial charge in [0.1, 0.15) is 11.6 Å². The van der Waals surface area contributed by atoms with E-state index in [1.54, 1.807) is 34.6 Å². The first-order valence-electron chi connectivity index (χ1n) is 8.11. The maximum absolute atomic E-state index is 5.46. The number of benzene rings is 2. The number of rotatable bonds is 6. The largest absolute Gasteiger partial charge is 0.496 e. The molecule has 6 nitrogen and oxygen atoms in total. The van der Waals surface area contributed by atoms with Gasteiger partial charge < -0.3 is 18.9 Å². The summed E-state index contributed by atoms with van der Waals surface area (Å²) >= 11 is 0. The number of ether oxygens (including phenoxy) is 4. The van der Waals surface area contributed by atoms with Crippen molar-refractivity contribution in [3.05, 3.63) is 48.3 Å². The van der Waals surface area contributed by atoms with Crippen molar-refractivity contribution in [1.82, 2.24) is 9.55 Å². The van der Waals surface area contributed by atoms with Crippen LogP contribution in [0.15, 0.2) is 42.7 Å². The third-order valence-electron chi connectivity index (χ3n) is 4.23. The van der Waals surface area contributed by atoms with E-state index in [1.807, 2.05) is 48.0 Å². The molecule has 0 radical (unpaired) electrons. The zero-order valence-corrected chi connectivity index (χ0v) is 15.6. The Morgan fingerprint density at radius 1 is 0.808 bits per heavy atom. The van der Waals surface area contributed by atoms with Gasteiger partial charge in [-0.15, -0.1) is 0 Å². The quantitative estimate of drug-likeness (QED) is 0.672. The van der Waals surface area contributed by atoms with Crippen LogP contribution in [-0.4, -0.2) is 38.0 Å². The summed E-state index contributed by atoms with van der Waals surface area (Å²) < 4.78 is 23.7. The molecule has 3 aromatic rings. The number of hydrogen-bond acceptors (Lipinski definition) is 5. The highest BCUT2D eigenvalue weighted by Crippen LogP contribution is 2.40. The molecule has 6 heteroatoms. The van der Waals surface area contributed by atoms with Crippen LogP contribution in [0.3, 0.4) is 0 Å². The number of methoxy groups -OCH3 is 4. The number of hydrogen-bond donors (Lipinski definition) is 0. The van der Waals surface area contributed by atoms with Crippen molar-refractivity contribution in [2.75, 3.05) is 28.4 Å². The van der Waals surface area contributed by atoms with Crippen molar-refractivity contribution in [2.45, 2.75) is 6.92 Å². The van der Waals surface area contributed by atoms with Crippen molar-refractivity contribution in [2.24, 2.45) is 0 Å². The van der Waals surface area contributed by atoms with Crippen LogP contribution in [-0.2, 0) is 0 Å². The van der Waals surface area contributed by atoms with Crippen molar-refractivity contribution in [1.29, 1.82) is 0 Å². The Morgan fingerprint density at radius 3 is 2.04 bits per heavy atom. The minimum Gasteiger partial charge on any atom is -0.496 e. The Balaban J connectivity index is 2.14. The molecule has 1 aromatic heterocycles. The fourth-order valence-corrected chi connectivity index (χ4v) is 2.89. The van der Waals surface area contributed by atoms with Gasteiger partial charge in [0, 0.05) is 30.1 Å². The molecule has 0 aliphatic carbocycles. The normalized spacial score (nSPS) is 10.5. The third kappa shape index (κ3) is 3.06. The summed E-state index contributed by atoms with van der Waals surface area (Å²) in [7, 11) is 6.44. The van der Waals surface area contributed by atoms with Crippen LogP contribution in [0.25, 0.3) is 17.1 Å². The van der Waals surface area contributed by atoms with E-state index in [1.165, 1.54) is 0 Å². The molecule has 0 saturated heterocycles. The molecule has 0 N–H and O–H groups in total. The molecule has 2 aromatic carbocycles. The van der Waals surface area contributed by atoms with Gasteiger partial charge in [0.15, 0.2) is 11.5 Å². The third-order valence-corrected chi connectivity index (χ3v) is 4.23. The van der Waals surface area contributed by atoms with E-state index in [0.717, 1.165) is 28.4 Å². The Labute approximate surface area is 152 Å². The summed E-state index contributed by atoms with van der Waals surface area (Å²) in [5, 5.41) is 0. The second-order valence-electron chi connectivity index (χ2n) is 5.69. The monoisotopic (exact) mass is 354 g/mol. The van der Waals surface area contributed by atoms with Crippen LogP contribution in [0.5, 0.6) is 23.0 Å². The molecule has 136 valence electrons. The van der Waals surface area contributed by atoms with Gasteiger partial charge in [-0.25, -0.2) is 4.98 Å². The lowest BCUT2D eigenvalue weighted by molar-refractivity contribution is 0.324. The van der Waals surface area contributed by atoms with Crippen LogP contribution in [0.4, 0.5) is 0 Å². The number of aryl methyl sites for hydroxylation is 1. The van der Waals surface area contributed by atoms with Crippen LogP contribution in [0.1, 0.15) is 5.56 Å². The lowest BCUT2D eigenvalue weighted by Crippen LogP contribution is -2.01. The number of aromatic nitrogens is 2. The number of nitrogens with zero attached hydrogens (tertiary/aromatic N) is 2. The minimum absolute atomic E-state index is 0.553. The van der Waals surface area contributed by atoms with Crippen molar-refractivity contribution in [3.8, 4) is 40.1 Å². The second-order valence-corrected chi connectivity index (χ2v) is 5.69. The van der Waals surface area contributed by atoms with E-state index in [4.69, 9.17) is 18.9 Å². The molecule has 0 saturated carbocycles. The molecular weight excluding hydrogens is 332 g/mol. The van der Waals surface area contributed by atoms with E-state index in [2.05, 4.69) is 4.98 Å². The standard InChI is InChI=1S/C20H22N2O4/c1-13-6-7-14(10-16(13)23-2)20-21-8-9-22(20)15-11-17(24-3)19(26-5)18(12-15)25-4/h6-12H,1-5H3. The van der Waals surface area contributed by atoms with Crippen LogP contribution >= 0.6 is 0 Å². The van der Waals surface area contributed by atoms with Crippen LogP contribution < -0.4 is 18.9 Å². The van der Waals surface area contributed by atoms with Gasteiger partial charge in [0.05, 0.1) is 34.1 Å². The molecule has 3 rings (SSSR count). The smallest absolute Gasteiger partial charge is 0.203 e. The van der Waals surface area contributed by atoms with Crippen molar-refractivity contribution in [3.63, 3.8) is 0 Å². The molecule has 0 unspecified atom stereocenters. The van der Waals surface area contributed by atoms with Crippen molar-refractivity contribution >= 4 is 0 Å². The molecule has 0 spiro atoms. The molecule has 0 amide bonds. The van der Waals surface area contributed by atoms with E-state index >= 15 is 0 Å². The Kier molecular flexibility index (Phi) is 5.02. The Bertz CT molecular complexity index is 893. The highest BCUT2D eigenvalue weighted by atomic mass is 16.5. The molecule has 26 heavy (non-hydrogen) atoms. The second kappa shape index (κ2) is 7.39. The first kappa shape index (κ1) is 17.7. The highest BCUT2D eigenvalue weighted by Gasteiger charge is 2.16. The summed E-state index contributed by atoms with van der Waals surface area (Å²) in [5.41, 5.74) is 2.87. The first-order chi connectivity index (χ1) is 12.6. The highest BCUT2D eigenvalue weighted by molar-refractivity contribution is 5.65. The zero-order valence-electron chi connectivity index (χ0n) is 15.6. The minimum atomic E-state index is 0.553. The predicted octanol–water partition coefficient (Wildman–Crippen LogP) is 3.88. The average molecular weight is 354 g/mol. The van der Waals surface area contributed by atoms with Gasteiger partial charge >= 0.3 is 0 Å². The van der Waals surface area contributed by atoms with Gasteiger partial charge in [0.2, 0.25) is 5.75 Å². The van der Waals surface area contributed by atoms with Crippen molar-refractivity contribution < 1.29 is 18.9 Å². The molecule has 0 aliphatic heterocycles. The maximum Gasteiger partial charge on any atom is 0.203 e. The van der Waals surface area contributed by atoms with E-state index in [-0.39, 0.29) is 0 Å². The first-order valence-corrected chi connectivity index (χ1v) is 8.11.